The van der Waals surface area contributed by atoms with Gasteiger partial charge in [0.2, 0.25) is 5.91 Å². The third-order valence-corrected chi connectivity index (χ3v) is 4.13. The molecule has 0 aliphatic rings. The van der Waals surface area contributed by atoms with Crippen LogP contribution in [0.1, 0.15) is 12.0 Å². The van der Waals surface area contributed by atoms with Gasteiger partial charge in [-0.15, -0.1) is 23.4 Å². The Bertz CT molecular complexity index is 401. The van der Waals surface area contributed by atoms with Crippen LogP contribution in [0.2, 0.25) is 10.0 Å². The molecule has 0 heterocycles. The number of amides is 1. The van der Waals surface area contributed by atoms with Gasteiger partial charge in [0.25, 0.3) is 0 Å². The summed E-state index contributed by atoms with van der Waals surface area (Å²) in [5.74, 6) is 1.77. The monoisotopic (exact) mass is 325 g/mol. The van der Waals surface area contributed by atoms with Gasteiger partial charge in [-0.1, -0.05) is 29.3 Å². The molecule has 0 unspecified atom stereocenters. The van der Waals surface area contributed by atoms with Gasteiger partial charge >= 0.3 is 0 Å². The van der Waals surface area contributed by atoms with Crippen LogP contribution < -0.4 is 5.32 Å². The van der Waals surface area contributed by atoms with Gasteiger partial charge in [0.1, 0.15) is 0 Å². The minimum atomic E-state index is 0.0326. The molecule has 6 heteroatoms. The largest absolute Gasteiger partial charge is 0.355 e. The molecule has 1 aromatic carbocycles. The highest BCUT2D eigenvalue weighted by Crippen LogP contribution is 2.24. The average molecular weight is 327 g/mol. The number of halogens is 3. The van der Waals surface area contributed by atoms with Gasteiger partial charge in [0.05, 0.1) is 15.8 Å². The first-order valence-electron chi connectivity index (χ1n) is 5.48. The molecule has 0 radical (unpaired) electrons. The molecule has 18 heavy (non-hydrogen) atoms. The lowest BCUT2D eigenvalue weighted by Gasteiger charge is -2.05. The predicted octanol–water partition coefficient (Wildman–Crippen LogP) is 3.97. The molecule has 0 aliphatic carbocycles. The second-order valence-corrected chi connectivity index (χ2v) is 5.81. The molecule has 0 saturated carbocycles. The van der Waals surface area contributed by atoms with E-state index in [-0.39, 0.29) is 5.91 Å². The molecule has 0 fully saturated rings. The first-order valence-corrected chi connectivity index (χ1v) is 7.92. The van der Waals surface area contributed by atoms with Crippen molar-refractivity contribution in [2.24, 2.45) is 0 Å². The van der Waals surface area contributed by atoms with E-state index >= 15 is 0 Å². The summed E-state index contributed by atoms with van der Waals surface area (Å²) in [6, 6.07) is 5.50. The third kappa shape index (κ3) is 6.19. The normalized spacial score (nSPS) is 10.4. The summed E-state index contributed by atoms with van der Waals surface area (Å²) in [4.78, 5) is 11.4. The van der Waals surface area contributed by atoms with Gasteiger partial charge in [-0.3, -0.25) is 4.79 Å². The van der Waals surface area contributed by atoms with Gasteiger partial charge < -0.3 is 5.32 Å². The van der Waals surface area contributed by atoms with Crippen LogP contribution in [0.25, 0.3) is 0 Å². The zero-order chi connectivity index (χ0) is 13.4. The molecule has 1 aromatic rings. The Labute approximate surface area is 126 Å². The van der Waals surface area contributed by atoms with Crippen molar-refractivity contribution in [3.8, 4) is 0 Å². The van der Waals surface area contributed by atoms with Crippen LogP contribution in [0, 0.1) is 0 Å². The zero-order valence-corrected chi connectivity index (χ0v) is 12.8. The number of benzene rings is 1. The fraction of sp³-hybridized carbons (Fsp3) is 0.417. The van der Waals surface area contributed by atoms with E-state index in [9.17, 15) is 4.79 Å². The van der Waals surface area contributed by atoms with E-state index in [2.05, 4.69) is 5.32 Å². The van der Waals surface area contributed by atoms with Crippen molar-refractivity contribution in [3.63, 3.8) is 0 Å². The van der Waals surface area contributed by atoms with Gasteiger partial charge in [0, 0.05) is 18.2 Å². The number of hydrogen-bond donors (Lipinski definition) is 1. The number of carbonyl (C=O) groups excluding carboxylic acids is 1. The number of carbonyl (C=O) groups is 1. The number of alkyl halides is 1. The van der Waals surface area contributed by atoms with E-state index in [0.717, 1.165) is 17.7 Å². The number of nitrogens with one attached hydrogen (secondary N) is 1. The van der Waals surface area contributed by atoms with E-state index < -0.39 is 0 Å². The second kappa shape index (κ2) is 8.92. The maximum absolute atomic E-state index is 11.4. The van der Waals surface area contributed by atoms with Crippen molar-refractivity contribution < 1.29 is 4.79 Å². The number of hydrogen-bond acceptors (Lipinski definition) is 2. The van der Waals surface area contributed by atoms with Gasteiger partial charge in [0.15, 0.2) is 0 Å². The molecule has 1 N–H and O–H groups in total. The van der Waals surface area contributed by atoms with Crippen molar-refractivity contribution in [1.29, 1.82) is 0 Å². The highest BCUT2D eigenvalue weighted by molar-refractivity contribution is 7.99. The number of rotatable bonds is 7. The van der Waals surface area contributed by atoms with Crippen molar-refractivity contribution in [1.82, 2.24) is 5.32 Å². The molecule has 0 aliphatic heterocycles. The van der Waals surface area contributed by atoms with Crippen molar-refractivity contribution in [2.45, 2.75) is 12.2 Å². The highest BCUT2D eigenvalue weighted by Gasteiger charge is 2.03. The Hall–Kier alpha value is -0.0900. The Morgan fingerprint density at radius 1 is 1.28 bits per heavy atom. The topological polar surface area (TPSA) is 29.1 Å². The van der Waals surface area contributed by atoms with Crippen LogP contribution in [0.5, 0.6) is 0 Å². The maximum atomic E-state index is 11.4. The van der Waals surface area contributed by atoms with Crippen LogP contribution in [0.4, 0.5) is 0 Å². The lowest BCUT2D eigenvalue weighted by Crippen LogP contribution is -2.26. The van der Waals surface area contributed by atoms with E-state index in [0.29, 0.717) is 28.2 Å². The van der Waals surface area contributed by atoms with Crippen LogP contribution >= 0.6 is 46.6 Å². The molecule has 100 valence electrons. The third-order valence-electron chi connectivity index (χ3n) is 2.12. The molecule has 0 aromatic heterocycles. The summed E-state index contributed by atoms with van der Waals surface area (Å²) >= 11 is 18.8. The van der Waals surface area contributed by atoms with Crippen molar-refractivity contribution >= 4 is 52.5 Å². The Morgan fingerprint density at radius 2 is 2.06 bits per heavy atom. The lowest BCUT2D eigenvalue weighted by molar-refractivity contribution is -0.118. The molecule has 0 saturated heterocycles. The Balaban J connectivity index is 2.24. The fourth-order valence-electron chi connectivity index (χ4n) is 1.24. The first-order chi connectivity index (χ1) is 8.63. The lowest BCUT2D eigenvalue weighted by atomic mass is 10.2. The average Bonchev–Trinajstić information content (AvgIpc) is 2.34. The van der Waals surface area contributed by atoms with Gasteiger partial charge in [-0.05, 0) is 24.1 Å². The van der Waals surface area contributed by atoms with Gasteiger partial charge in [-0.2, -0.15) is 0 Å². The number of thioether (sulfide) groups is 1. The SMILES string of the molecule is O=C(CSCc1ccc(Cl)c(Cl)c1)NCCCCl. The summed E-state index contributed by atoms with van der Waals surface area (Å²) in [5, 5.41) is 3.89. The van der Waals surface area contributed by atoms with Crippen LogP contribution in [-0.4, -0.2) is 24.1 Å². The molecule has 0 spiro atoms. The van der Waals surface area contributed by atoms with Crippen molar-refractivity contribution in [2.75, 3.05) is 18.2 Å². The molecular formula is C12H14Cl3NOS. The quantitative estimate of drug-likeness (QED) is 0.607. The first kappa shape index (κ1) is 16.0. The summed E-state index contributed by atoms with van der Waals surface area (Å²) < 4.78 is 0. The standard InChI is InChI=1S/C12H14Cl3NOS/c13-4-1-5-16-12(17)8-18-7-9-2-3-10(14)11(15)6-9/h2-3,6H,1,4-5,7-8H2,(H,16,17). The molecule has 1 rings (SSSR count). The maximum Gasteiger partial charge on any atom is 0.230 e. The molecule has 1 amide bonds. The van der Waals surface area contributed by atoms with Crippen LogP contribution in [-0.2, 0) is 10.5 Å². The van der Waals surface area contributed by atoms with E-state index in [1.165, 1.54) is 0 Å². The van der Waals surface area contributed by atoms with Crippen molar-refractivity contribution in [3.05, 3.63) is 33.8 Å². The van der Waals surface area contributed by atoms with E-state index in [1.54, 1.807) is 17.8 Å². The minimum Gasteiger partial charge on any atom is -0.355 e. The van der Waals surface area contributed by atoms with E-state index in [1.807, 2.05) is 12.1 Å². The second-order valence-electron chi connectivity index (χ2n) is 3.63. The molecule has 2 nitrogen and oxygen atoms in total. The zero-order valence-electron chi connectivity index (χ0n) is 9.72. The highest BCUT2D eigenvalue weighted by atomic mass is 35.5. The Morgan fingerprint density at radius 3 is 2.72 bits per heavy atom. The molecular weight excluding hydrogens is 313 g/mol. The van der Waals surface area contributed by atoms with Gasteiger partial charge in [-0.25, -0.2) is 0 Å². The summed E-state index contributed by atoms with van der Waals surface area (Å²) in [7, 11) is 0. The predicted molar refractivity (Wildman–Crippen MR) is 81.0 cm³/mol. The van der Waals surface area contributed by atoms with E-state index in [4.69, 9.17) is 34.8 Å². The minimum absolute atomic E-state index is 0.0326. The summed E-state index contributed by atoms with van der Waals surface area (Å²) in [6.45, 7) is 0.635. The smallest absolute Gasteiger partial charge is 0.230 e. The summed E-state index contributed by atoms with van der Waals surface area (Å²) in [5.41, 5.74) is 1.06. The molecule has 0 bridgehead atoms. The Kier molecular flexibility index (Phi) is 7.91. The fourth-order valence-corrected chi connectivity index (χ4v) is 2.50. The van der Waals surface area contributed by atoms with Crippen LogP contribution in [0.15, 0.2) is 18.2 Å². The summed E-state index contributed by atoms with van der Waals surface area (Å²) in [6.07, 6.45) is 0.796. The molecule has 0 atom stereocenters. The van der Waals surface area contributed by atoms with Crippen LogP contribution in [0.3, 0.4) is 0 Å².